The topological polar surface area (TPSA) is 89.3 Å². The van der Waals surface area contributed by atoms with Gasteiger partial charge in [-0.3, -0.25) is 4.79 Å². The first-order chi connectivity index (χ1) is 9.60. The van der Waals surface area contributed by atoms with Crippen LogP contribution in [0.5, 0.6) is 0 Å². The summed E-state index contributed by atoms with van der Waals surface area (Å²) in [5.74, 6) is 6.23. The van der Waals surface area contributed by atoms with Gasteiger partial charge in [-0.1, -0.05) is 0 Å². The number of nitrogens with one attached hydrogen (secondary N) is 2. The fourth-order valence-electron chi connectivity index (χ4n) is 2.50. The standard InChI is InChI=1S/C14H22N4O2/c1-9-7-12(8-13(16-9)18-15)14(19)17-10(2)11-3-5-20-6-4-11/h7-8,10-11H,3-6,15H2,1-2H3,(H,16,18)(H,17,19). The third kappa shape index (κ3) is 3.68. The van der Waals surface area contributed by atoms with Gasteiger partial charge in [0.05, 0.1) is 0 Å². The van der Waals surface area contributed by atoms with E-state index < -0.39 is 0 Å². The molecule has 0 spiro atoms. The Morgan fingerprint density at radius 1 is 1.45 bits per heavy atom. The Morgan fingerprint density at radius 3 is 2.80 bits per heavy atom. The molecule has 2 rings (SSSR count). The number of aromatic nitrogens is 1. The van der Waals surface area contributed by atoms with Crippen molar-refractivity contribution < 1.29 is 9.53 Å². The summed E-state index contributed by atoms with van der Waals surface area (Å²) >= 11 is 0. The number of anilines is 1. The number of amides is 1. The molecule has 1 aromatic rings. The summed E-state index contributed by atoms with van der Waals surface area (Å²) in [7, 11) is 0. The zero-order valence-corrected chi connectivity index (χ0v) is 12.0. The van der Waals surface area contributed by atoms with E-state index in [1.807, 2.05) is 13.8 Å². The summed E-state index contributed by atoms with van der Waals surface area (Å²) in [4.78, 5) is 16.5. The summed E-state index contributed by atoms with van der Waals surface area (Å²) in [5.41, 5.74) is 3.80. The average molecular weight is 278 g/mol. The molecule has 1 unspecified atom stereocenters. The van der Waals surface area contributed by atoms with Crippen LogP contribution in [-0.4, -0.2) is 30.1 Å². The van der Waals surface area contributed by atoms with Gasteiger partial charge in [0.2, 0.25) is 0 Å². The molecule has 6 heteroatoms. The Hall–Kier alpha value is -1.66. The maximum atomic E-state index is 12.3. The molecular formula is C14H22N4O2. The summed E-state index contributed by atoms with van der Waals surface area (Å²) in [5, 5.41) is 3.05. The first-order valence-corrected chi connectivity index (χ1v) is 6.94. The normalized spacial score (nSPS) is 17.6. The second-order valence-electron chi connectivity index (χ2n) is 5.24. The Bertz CT molecular complexity index is 472. The average Bonchev–Trinajstić information content (AvgIpc) is 2.47. The van der Waals surface area contributed by atoms with Gasteiger partial charge in [0.25, 0.3) is 5.91 Å². The van der Waals surface area contributed by atoms with Gasteiger partial charge in [0.1, 0.15) is 5.82 Å². The molecule has 0 saturated carbocycles. The number of carbonyl (C=O) groups is 1. The fraction of sp³-hybridized carbons (Fsp3) is 0.571. The van der Waals surface area contributed by atoms with Crippen molar-refractivity contribution in [1.82, 2.24) is 10.3 Å². The molecule has 4 N–H and O–H groups in total. The summed E-state index contributed by atoms with van der Waals surface area (Å²) in [6.45, 7) is 5.44. The minimum atomic E-state index is -0.0917. The molecule has 0 bridgehead atoms. The number of aryl methyl sites for hydroxylation is 1. The number of hydrogen-bond acceptors (Lipinski definition) is 5. The van der Waals surface area contributed by atoms with E-state index >= 15 is 0 Å². The maximum Gasteiger partial charge on any atom is 0.251 e. The number of rotatable bonds is 4. The predicted molar refractivity (Wildman–Crippen MR) is 77.3 cm³/mol. The van der Waals surface area contributed by atoms with E-state index in [1.54, 1.807) is 12.1 Å². The van der Waals surface area contributed by atoms with E-state index in [-0.39, 0.29) is 11.9 Å². The zero-order valence-electron chi connectivity index (χ0n) is 12.0. The lowest BCUT2D eigenvalue weighted by atomic mass is 9.93. The molecule has 0 radical (unpaired) electrons. The summed E-state index contributed by atoms with van der Waals surface area (Å²) in [6, 6.07) is 3.54. The molecule has 0 aliphatic carbocycles. The van der Waals surface area contributed by atoms with Crippen molar-refractivity contribution in [3.63, 3.8) is 0 Å². The van der Waals surface area contributed by atoms with Crippen LogP contribution in [0.15, 0.2) is 12.1 Å². The SMILES string of the molecule is Cc1cc(C(=O)NC(C)C2CCOCC2)cc(NN)n1. The summed E-state index contributed by atoms with van der Waals surface area (Å²) in [6.07, 6.45) is 1.98. The molecule has 1 atom stereocenters. The van der Waals surface area contributed by atoms with Crippen LogP contribution in [0.4, 0.5) is 5.82 Å². The minimum absolute atomic E-state index is 0.0917. The van der Waals surface area contributed by atoms with E-state index in [0.29, 0.717) is 17.3 Å². The van der Waals surface area contributed by atoms with Crippen molar-refractivity contribution in [2.75, 3.05) is 18.6 Å². The van der Waals surface area contributed by atoms with Gasteiger partial charge in [-0.2, -0.15) is 0 Å². The molecule has 2 heterocycles. The van der Waals surface area contributed by atoms with E-state index in [2.05, 4.69) is 15.7 Å². The van der Waals surface area contributed by atoms with Crippen molar-refractivity contribution in [2.45, 2.75) is 32.7 Å². The van der Waals surface area contributed by atoms with Crippen LogP contribution in [0.1, 0.15) is 35.8 Å². The molecular weight excluding hydrogens is 256 g/mol. The number of hydrogen-bond donors (Lipinski definition) is 3. The predicted octanol–water partition coefficient (Wildman–Crippen LogP) is 1.22. The highest BCUT2D eigenvalue weighted by Gasteiger charge is 2.22. The molecule has 1 aliphatic rings. The number of nitrogens with two attached hydrogens (primary N) is 1. The summed E-state index contributed by atoms with van der Waals surface area (Å²) < 4.78 is 5.34. The quantitative estimate of drug-likeness (QED) is 0.569. The fourth-order valence-corrected chi connectivity index (χ4v) is 2.50. The van der Waals surface area contributed by atoms with Gasteiger partial charge < -0.3 is 15.5 Å². The third-order valence-electron chi connectivity index (χ3n) is 3.70. The van der Waals surface area contributed by atoms with Gasteiger partial charge in [-0.15, -0.1) is 0 Å². The van der Waals surface area contributed by atoms with Crippen LogP contribution in [0.3, 0.4) is 0 Å². The maximum absolute atomic E-state index is 12.3. The highest BCUT2D eigenvalue weighted by molar-refractivity contribution is 5.95. The van der Waals surface area contributed by atoms with Crippen LogP contribution in [0.25, 0.3) is 0 Å². The van der Waals surface area contributed by atoms with Crippen molar-refractivity contribution in [3.8, 4) is 0 Å². The number of nitrogens with zero attached hydrogens (tertiary/aromatic N) is 1. The first-order valence-electron chi connectivity index (χ1n) is 6.94. The largest absolute Gasteiger partial charge is 0.381 e. The monoisotopic (exact) mass is 278 g/mol. The minimum Gasteiger partial charge on any atom is -0.381 e. The lowest BCUT2D eigenvalue weighted by Crippen LogP contribution is -2.40. The van der Waals surface area contributed by atoms with Crippen LogP contribution in [0, 0.1) is 12.8 Å². The van der Waals surface area contributed by atoms with Gasteiger partial charge in [-0.05, 0) is 44.7 Å². The van der Waals surface area contributed by atoms with Crippen molar-refractivity contribution in [2.24, 2.45) is 11.8 Å². The van der Waals surface area contributed by atoms with Crippen molar-refractivity contribution >= 4 is 11.7 Å². The van der Waals surface area contributed by atoms with E-state index in [0.717, 1.165) is 31.7 Å². The number of ether oxygens (including phenoxy) is 1. The Balaban J connectivity index is 2.01. The highest BCUT2D eigenvalue weighted by atomic mass is 16.5. The van der Waals surface area contributed by atoms with Gasteiger partial charge >= 0.3 is 0 Å². The second kappa shape index (κ2) is 6.67. The molecule has 1 fully saturated rings. The molecule has 1 aromatic heterocycles. The number of nitrogen functional groups attached to an aromatic ring is 1. The Morgan fingerprint density at radius 2 is 2.15 bits per heavy atom. The Kier molecular flexibility index (Phi) is 4.92. The van der Waals surface area contributed by atoms with Crippen LogP contribution < -0.4 is 16.6 Å². The molecule has 0 aromatic carbocycles. The molecule has 20 heavy (non-hydrogen) atoms. The van der Waals surface area contributed by atoms with Gasteiger partial charge in [0.15, 0.2) is 0 Å². The zero-order chi connectivity index (χ0) is 14.5. The van der Waals surface area contributed by atoms with Crippen LogP contribution in [0.2, 0.25) is 0 Å². The van der Waals surface area contributed by atoms with E-state index in [4.69, 9.17) is 10.6 Å². The number of carbonyl (C=O) groups excluding carboxylic acids is 1. The lowest BCUT2D eigenvalue weighted by molar-refractivity contribution is 0.0538. The molecule has 1 aliphatic heterocycles. The van der Waals surface area contributed by atoms with Crippen molar-refractivity contribution in [1.29, 1.82) is 0 Å². The second-order valence-corrected chi connectivity index (χ2v) is 5.24. The number of pyridine rings is 1. The van der Waals surface area contributed by atoms with E-state index in [1.165, 1.54) is 0 Å². The highest BCUT2D eigenvalue weighted by Crippen LogP contribution is 2.19. The van der Waals surface area contributed by atoms with Crippen molar-refractivity contribution in [3.05, 3.63) is 23.4 Å². The lowest BCUT2D eigenvalue weighted by Gasteiger charge is -2.28. The van der Waals surface area contributed by atoms with Gasteiger partial charge in [0, 0.05) is 30.5 Å². The third-order valence-corrected chi connectivity index (χ3v) is 3.70. The van der Waals surface area contributed by atoms with Crippen LogP contribution in [-0.2, 0) is 4.74 Å². The molecule has 6 nitrogen and oxygen atoms in total. The molecule has 110 valence electrons. The number of hydrazine groups is 1. The smallest absolute Gasteiger partial charge is 0.251 e. The van der Waals surface area contributed by atoms with E-state index in [9.17, 15) is 4.79 Å². The Labute approximate surface area is 119 Å². The van der Waals surface area contributed by atoms with Crippen LogP contribution >= 0.6 is 0 Å². The molecule has 1 saturated heterocycles. The molecule has 1 amide bonds. The van der Waals surface area contributed by atoms with Gasteiger partial charge in [-0.25, -0.2) is 10.8 Å². The first kappa shape index (κ1) is 14.7.